The Morgan fingerprint density at radius 3 is 2.35 bits per heavy atom. The third-order valence-electron chi connectivity index (χ3n) is 3.47. The number of pyridine rings is 1. The summed E-state index contributed by atoms with van der Waals surface area (Å²) in [5.74, 6) is 0.697. The second-order valence-electron chi connectivity index (χ2n) is 4.67. The molecule has 0 atom stereocenters. The summed E-state index contributed by atoms with van der Waals surface area (Å²) < 4.78 is 7.36. The van der Waals surface area contributed by atoms with E-state index in [0.717, 1.165) is 27.5 Å². The number of methoxy groups -OCH3 is 1. The highest BCUT2D eigenvalue weighted by Gasteiger charge is 2.14. The largest absolute Gasteiger partial charge is 1.00 e. The van der Waals surface area contributed by atoms with Gasteiger partial charge in [-0.25, -0.2) is 0 Å². The van der Waals surface area contributed by atoms with Crippen LogP contribution in [0.5, 0.6) is 5.75 Å². The zero-order chi connectivity index (χ0) is 13.6. The third kappa shape index (κ3) is 2.08. The van der Waals surface area contributed by atoms with Gasteiger partial charge in [-0.3, -0.25) is 0 Å². The van der Waals surface area contributed by atoms with Gasteiger partial charge >= 0.3 is 0 Å². The molecule has 0 aliphatic rings. The number of nitrogens with zero attached hydrogens (tertiary/aromatic N) is 1. The highest BCUT2D eigenvalue weighted by molar-refractivity contribution is 5.92. The van der Waals surface area contributed by atoms with E-state index in [4.69, 9.17) is 16.2 Å². The maximum Gasteiger partial charge on any atom is 0.215 e. The van der Waals surface area contributed by atoms with Gasteiger partial charge in [0.25, 0.3) is 0 Å². The first-order valence-corrected chi connectivity index (χ1v) is 6.05. The first-order chi connectivity index (χ1) is 9.10. The molecule has 104 valence electrons. The smallest absolute Gasteiger partial charge is 0.215 e. The average Bonchev–Trinajstić information content (AvgIpc) is 2.40. The lowest BCUT2D eigenvalue weighted by Crippen LogP contribution is -3.00. The molecule has 0 bridgehead atoms. The minimum atomic E-state index is 0. The van der Waals surface area contributed by atoms with Crippen LogP contribution in [0.25, 0.3) is 21.8 Å². The molecule has 0 saturated carbocycles. The van der Waals surface area contributed by atoms with Gasteiger partial charge in [-0.15, -0.1) is 0 Å². The van der Waals surface area contributed by atoms with E-state index in [1.807, 2.05) is 37.4 Å². The van der Waals surface area contributed by atoms with Gasteiger partial charge in [0.2, 0.25) is 11.0 Å². The maximum atomic E-state index is 5.98. The average molecular weight is 290 g/mol. The number of aromatic nitrogens is 1. The summed E-state index contributed by atoms with van der Waals surface area (Å²) in [6, 6.07) is 11.9. The number of anilines is 2. The lowest BCUT2D eigenvalue weighted by Gasteiger charge is -2.07. The molecule has 4 nitrogen and oxygen atoms in total. The van der Waals surface area contributed by atoms with Crippen LogP contribution in [0.4, 0.5) is 11.4 Å². The minimum Gasteiger partial charge on any atom is -1.00 e. The quantitative estimate of drug-likeness (QED) is 0.343. The Morgan fingerprint density at radius 1 is 0.950 bits per heavy atom. The lowest BCUT2D eigenvalue weighted by molar-refractivity contribution is -0.617. The minimum absolute atomic E-state index is 0. The molecule has 0 amide bonds. The molecule has 0 unspecified atom stereocenters. The van der Waals surface area contributed by atoms with E-state index in [-0.39, 0.29) is 12.4 Å². The van der Waals surface area contributed by atoms with Crippen LogP contribution in [0, 0.1) is 0 Å². The molecule has 5 heteroatoms. The Morgan fingerprint density at radius 2 is 1.65 bits per heavy atom. The van der Waals surface area contributed by atoms with Crippen LogP contribution in [0.2, 0.25) is 0 Å². The molecule has 3 rings (SSSR count). The summed E-state index contributed by atoms with van der Waals surface area (Å²) in [5, 5.41) is 2.22. The van der Waals surface area contributed by atoms with Gasteiger partial charge in [0.05, 0.1) is 18.2 Å². The van der Waals surface area contributed by atoms with Crippen LogP contribution in [0.15, 0.2) is 36.4 Å². The fourth-order valence-electron chi connectivity index (χ4n) is 2.45. The number of ether oxygens (including phenoxy) is 1. The van der Waals surface area contributed by atoms with Crippen LogP contribution >= 0.6 is 0 Å². The zero-order valence-electron chi connectivity index (χ0n) is 11.4. The van der Waals surface area contributed by atoms with Crippen molar-refractivity contribution < 1.29 is 21.7 Å². The molecule has 0 spiro atoms. The van der Waals surface area contributed by atoms with Crippen molar-refractivity contribution in [3.8, 4) is 5.75 Å². The van der Waals surface area contributed by atoms with Crippen molar-refractivity contribution >= 4 is 33.2 Å². The molecular weight excluding hydrogens is 274 g/mol. The van der Waals surface area contributed by atoms with Gasteiger partial charge in [0.15, 0.2) is 0 Å². The number of benzene rings is 2. The van der Waals surface area contributed by atoms with Gasteiger partial charge in [0.1, 0.15) is 12.8 Å². The van der Waals surface area contributed by atoms with Crippen molar-refractivity contribution in [3.05, 3.63) is 36.4 Å². The number of hydrogen-bond acceptors (Lipinski definition) is 3. The SMILES string of the molecule is COc1cc2cc3ccc(N)cc3[n+](C)c2cc1N.[Cl-]. The van der Waals surface area contributed by atoms with Gasteiger partial charge in [0, 0.05) is 23.2 Å². The molecular formula is C15H16ClN3O. The molecule has 1 aromatic heterocycles. The molecule has 1 heterocycles. The highest BCUT2D eigenvalue weighted by atomic mass is 35.5. The predicted octanol–water partition coefficient (Wildman–Crippen LogP) is -1.01. The van der Waals surface area contributed by atoms with E-state index in [9.17, 15) is 0 Å². The maximum absolute atomic E-state index is 5.98. The fraction of sp³-hybridized carbons (Fsp3) is 0.133. The summed E-state index contributed by atoms with van der Waals surface area (Å²) >= 11 is 0. The standard InChI is InChI=1S/C15H15N3O.ClH/c1-18-13-7-11(16)4-3-9(13)5-10-6-15(19-2)12(17)8-14(10)18;/h3-8H,1-2H3,(H3,16,17);1H. The Bertz CT molecular complexity index is 802. The Balaban J connectivity index is 0.00000147. The second-order valence-corrected chi connectivity index (χ2v) is 4.67. The molecule has 2 aromatic carbocycles. The molecule has 4 N–H and O–H groups in total. The summed E-state index contributed by atoms with van der Waals surface area (Å²) in [7, 11) is 3.63. The molecule has 0 aliphatic heterocycles. The second kappa shape index (κ2) is 5.06. The van der Waals surface area contributed by atoms with Crippen molar-refractivity contribution in [3.63, 3.8) is 0 Å². The highest BCUT2D eigenvalue weighted by Crippen LogP contribution is 2.28. The van der Waals surface area contributed by atoms with Crippen molar-refractivity contribution in [2.75, 3.05) is 18.6 Å². The van der Waals surface area contributed by atoms with Gasteiger partial charge < -0.3 is 28.6 Å². The first kappa shape index (κ1) is 14.2. The van der Waals surface area contributed by atoms with Crippen molar-refractivity contribution in [2.24, 2.45) is 7.05 Å². The Hall–Kier alpha value is -2.20. The van der Waals surface area contributed by atoms with E-state index in [1.165, 1.54) is 0 Å². The summed E-state index contributed by atoms with van der Waals surface area (Å²) in [5.41, 5.74) is 15.4. The number of nitrogens with two attached hydrogens (primary N) is 2. The summed E-state index contributed by atoms with van der Waals surface area (Å²) in [4.78, 5) is 0. The number of aryl methyl sites for hydroxylation is 1. The molecule has 0 fully saturated rings. The van der Waals surface area contributed by atoms with Crippen LogP contribution < -0.4 is 33.2 Å². The Kier molecular flexibility index (Phi) is 3.59. The van der Waals surface area contributed by atoms with E-state index >= 15 is 0 Å². The van der Waals surface area contributed by atoms with Crippen LogP contribution in [0.1, 0.15) is 0 Å². The summed E-state index contributed by atoms with van der Waals surface area (Å²) in [6.07, 6.45) is 0. The van der Waals surface area contributed by atoms with Crippen LogP contribution in [-0.2, 0) is 7.05 Å². The first-order valence-electron chi connectivity index (χ1n) is 6.05. The van der Waals surface area contributed by atoms with Crippen LogP contribution in [-0.4, -0.2) is 7.11 Å². The zero-order valence-corrected chi connectivity index (χ0v) is 12.1. The van der Waals surface area contributed by atoms with Crippen LogP contribution in [0.3, 0.4) is 0 Å². The van der Waals surface area contributed by atoms with E-state index in [0.29, 0.717) is 11.4 Å². The molecule has 20 heavy (non-hydrogen) atoms. The van der Waals surface area contributed by atoms with Gasteiger partial charge in [-0.2, -0.15) is 4.57 Å². The fourth-order valence-corrected chi connectivity index (χ4v) is 2.45. The number of hydrogen-bond donors (Lipinski definition) is 2. The molecule has 0 radical (unpaired) electrons. The van der Waals surface area contributed by atoms with Crippen molar-refractivity contribution in [1.29, 1.82) is 0 Å². The lowest BCUT2D eigenvalue weighted by atomic mass is 10.1. The number of fused-ring (bicyclic) bond motifs is 2. The predicted molar refractivity (Wildman–Crippen MR) is 78.0 cm³/mol. The number of rotatable bonds is 1. The topological polar surface area (TPSA) is 65.2 Å². The van der Waals surface area contributed by atoms with Crippen molar-refractivity contribution in [2.45, 2.75) is 0 Å². The third-order valence-corrected chi connectivity index (χ3v) is 3.47. The van der Waals surface area contributed by atoms with E-state index in [2.05, 4.69) is 10.6 Å². The van der Waals surface area contributed by atoms with E-state index in [1.54, 1.807) is 7.11 Å². The number of nitrogen functional groups attached to an aromatic ring is 2. The molecule has 0 aliphatic carbocycles. The molecule has 0 saturated heterocycles. The normalized spacial score (nSPS) is 10.5. The summed E-state index contributed by atoms with van der Waals surface area (Å²) in [6.45, 7) is 0. The van der Waals surface area contributed by atoms with Gasteiger partial charge in [-0.1, -0.05) is 0 Å². The Labute approximate surface area is 123 Å². The molecule has 3 aromatic rings. The van der Waals surface area contributed by atoms with E-state index < -0.39 is 0 Å². The van der Waals surface area contributed by atoms with Crippen molar-refractivity contribution in [1.82, 2.24) is 0 Å². The van der Waals surface area contributed by atoms with Gasteiger partial charge in [-0.05, 0) is 24.3 Å². The number of halogens is 1. The monoisotopic (exact) mass is 289 g/mol.